The zero-order valence-corrected chi connectivity index (χ0v) is 49.5. The van der Waals surface area contributed by atoms with Gasteiger partial charge in [0.2, 0.25) is 5.91 Å². The van der Waals surface area contributed by atoms with Gasteiger partial charge in [0.25, 0.3) is 0 Å². The summed E-state index contributed by atoms with van der Waals surface area (Å²) >= 11 is 0. The molecule has 2 N–H and O–H groups in total. The lowest BCUT2D eigenvalue weighted by Gasteiger charge is -2.27. The second-order valence-corrected chi connectivity index (χ2v) is 23.3. The topological polar surface area (TPSA) is 111 Å². The quantitative estimate of drug-likeness (QED) is 0.0205. The van der Waals surface area contributed by atoms with Crippen LogP contribution in [0.3, 0.4) is 0 Å². The molecule has 0 bridgehead atoms. The van der Waals surface area contributed by atoms with Gasteiger partial charge in [-0.2, -0.15) is 0 Å². The molecular formula is C63H118N2O7P+. The number of likely N-dealkylation sites (N-methyl/N-ethyl adjacent to an activating group) is 1. The fraction of sp³-hybridized carbons (Fsp3) is 0.810. The number of hydrogen-bond acceptors (Lipinski definition) is 6. The van der Waals surface area contributed by atoms with Crippen LogP contribution in [0.5, 0.6) is 0 Å². The maximum absolute atomic E-state index is 13.5. The highest BCUT2D eigenvalue weighted by Gasteiger charge is 2.30. The van der Waals surface area contributed by atoms with Crippen LogP contribution in [0, 0.1) is 0 Å². The number of hydrogen-bond donors (Lipinski definition) is 2. The van der Waals surface area contributed by atoms with E-state index in [1.807, 2.05) is 33.3 Å². The molecule has 0 aliphatic heterocycles. The second kappa shape index (κ2) is 53.1. The number of allylic oxidation sites excluding steroid dienone is 9. The number of quaternary nitrogens is 1. The third-order valence-corrected chi connectivity index (χ3v) is 14.4. The Kier molecular flexibility index (Phi) is 51.5. The molecule has 0 spiro atoms. The molecule has 0 radical (unpaired) electrons. The van der Waals surface area contributed by atoms with Crippen molar-refractivity contribution in [3.63, 3.8) is 0 Å². The number of amides is 1. The minimum Gasteiger partial charge on any atom is -0.456 e. The Morgan fingerprint density at radius 3 is 1.27 bits per heavy atom. The molecule has 0 fully saturated rings. The van der Waals surface area contributed by atoms with E-state index in [2.05, 4.69) is 74.7 Å². The molecule has 0 aromatic rings. The Bertz CT molecular complexity index is 1440. The SMILES string of the molecule is CCCCC/C=C\C/C=C\C/C=C\C/C=C\CCCCCCCC(=O)NC(COP(=O)(O)OCC[N+](C)(C)C)C(/C=C\CCCCCCCCCCC)OC(=O)CCCCCCCCCCCCCCCCC. The van der Waals surface area contributed by atoms with Gasteiger partial charge in [0.15, 0.2) is 0 Å². The van der Waals surface area contributed by atoms with E-state index in [-0.39, 0.29) is 31.5 Å². The fourth-order valence-corrected chi connectivity index (χ4v) is 9.42. The number of phosphoric ester groups is 1. The molecule has 426 valence electrons. The highest BCUT2D eigenvalue weighted by molar-refractivity contribution is 7.47. The number of esters is 1. The Morgan fingerprint density at radius 2 is 0.836 bits per heavy atom. The van der Waals surface area contributed by atoms with E-state index in [0.717, 1.165) is 96.3 Å². The van der Waals surface area contributed by atoms with E-state index >= 15 is 0 Å². The minimum absolute atomic E-state index is 0.0359. The van der Waals surface area contributed by atoms with E-state index < -0.39 is 20.0 Å². The van der Waals surface area contributed by atoms with Crippen LogP contribution in [0.2, 0.25) is 0 Å². The number of nitrogens with one attached hydrogen (secondary N) is 1. The predicted octanol–water partition coefficient (Wildman–Crippen LogP) is 18.7. The molecule has 3 unspecified atom stereocenters. The zero-order chi connectivity index (χ0) is 53.6. The van der Waals surface area contributed by atoms with Gasteiger partial charge >= 0.3 is 13.8 Å². The van der Waals surface area contributed by atoms with Crippen LogP contribution in [0.4, 0.5) is 0 Å². The summed E-state index contributed by atoms with van der Waals surface area (Å²) in [6.45, 7) is 6.98. The maximum Gasteiger partial charge on any atom is 0.472 e. The molecule has 0 aliphatic rings. The first-order valence-corrected chi connectivity index (χ1v) is 32.1. The Hall–Kier alpha value is -2.29. The van der Waals surface area contributed by atoms with Crippen molar-refractivity contribution in [1.29, 1.82) is 0 Å². The van der Waals surface area contributed by atoms with Crippen molar-refractivity contribution in [3.05, 3.63) is 60.8 Å². The van der Waals surface area contributed by atoms with Crippen molar-refractivity contribution < 1.29 is 37.3 Å². The molecule has 0 aromatic heterocycles. The van der Waals surface area contributed by atoms with Crippen LogP contribution in [-0.2, 0) is 27.9 Å². The molecular weight excluding hydrogens is 928 g/mol. The molecule has 0 saturated heterocycles. The predicted molar refractivity (Wildman–Crippen MR) is 314 cm³/mol. The molecule has 1 amide bonds. The van der Waals surface area contributed by atoms with Crippen LogP contribution in [-0.4, -0.2) is 74.3 Å². The largest absolute Gasteiger partial charge is 0.472 e. The average molecular weight is 1050 g/mol. The summed E-state index contributed by atoms with van der Waals surface area (Å²) in [6.07, 6.45) is 66.4. The van der Waals surface area contributed by atoms with Crippen LogP contribution in [0.1, 0.15) is 278 Å². The highest BCUT2D eigenvalue weighted by Crippen LogP contribution is 2.43. The van der Waals surface area contributed by atoms with Crippen molar-refractivity contribution in [2.75, 3.05) is 40.9 Å². The number of nitrogens with zero attached hydrogens (tertiary/aromatic N) is 1. The molecule has 0 saturated carbocycles. The molecule has 73 heavy (non-hydrogen) atoms. The van der Waals surface area contributed by atoms with Gasteiger partial charge in [-0.15, -0.1) is 0 Å². The van der Waals surface area contributed by atoms with E-state index in [4.69, 9.17) is 13.8 Å². The Labute approximate surface area is 451 Å². The summed E-state index contributed by atoms with van der Waals surface area (Å²) in [6, 6.07) is -0.857. The van der Waals surface area contributed by atoms with Gasteiger partial charge in [-0.1, -0.05) is 249 Å². The first kappa shape index (κ1) is 70.7. The lowest BCUT2D eigenvalue weighted by molar-refractivity contribution is -0.870. The van der Waals surface area contributed by atoms with E-state index in [1.54, 1.807) is 0 Å². The molecule has 0 aliphatic carbocycles. The van der Waals surface area contributed by atoms with Gasteiger partial charge in [-0.05, 0) is 76.7 Å². The fourth-order valence-electron chi connectivity index (χ4n) is 8.69. The normalized spacial score (nSPS) is 14.1. The van der Waals surface area contributed by atoms with Gasteiger partial charge in [-0.3, -0.25) is 18.6 Å². The van der Waals surface area contributed by atoms with Crippen molar-refractivity contribution in [2.24, 2.45) is 0 Å². The van der Waals surface area contributed by atoms with Gasteiger partial charge < -0.3 is 19.4 Å². The summed E-state index contributed by atoms with van der Waals surface area (Å²) in [5.74, 6) is -0.520. The maximum atomic E-state index is 13.5. The van der Waals surface area contributed by atoms with Crippen molar-refractivity contribution in [2.45, 2.75) is 290 Å². The number of rotatable bonds is 55. The minimum atomic E-state index is -4.45. The second-order valence-electron chi connectivity index (χ2n) is 21.9. The van der Waals surface area contributed by atoms with Crippen molar-refractivity contribution in [3.8, 4) is 0 Å². The first-order chi connectivity index (χ1) is 35.4. The zero-order valence-electron chi connectivity index (χ0n) is 48.6. The first-order valence-electron chi connectivity index (χ1n) is 30.6. The van der Waals surface area contributed by atoms with Gasteiger partial charge in [0, 0.05) is 12.8 Å². The van der Waals surface area contributed by atoms with E-state index in [0.29, 0.717) is 17.4 Å². The molecule has 3 atom stereocenters. The van der Waals surface area contributed by atoms with Gasteiger partial charge in [0.05, 0.1) is 33.8 Å². The number of carbonyl (C=O) groups excluding carboxylic acids is 2. The summed E-state index contributed by atoms with van der Waals surface area (Å²) in [4.78, 5) is 37.6. The molecule has 0 heterocycles. The number of carbonyl (C=O) groups is 2. The average Bonchev–Trinajstić information content (AvgIpc) is 3.35. The summed E-state index contributed by atoms with van der Waals surface area (Å²) in [5.41, 5.74) is 0. The standard InChI is InChI=1S/C63H117N2O7P/c1-7-10-13-16-19-22-25-27-29-30-31-32-33-34-36-37-40-43-46-49-52-55-62(66)64-60(59-71-73(68,69)70-58-57-65(4,5)6)61(54-51-48-45-42-39-24-21-18-15-12-9-3)72-63(67)56-53-50-47-44-41-38-35-28-26-23-20-17-14-11-8-2/h19,22,27,29,31-32,34,36,51,54,60-61H,7-18,20-21,23-26,28,30,33,35,37-50,52-53,55-59H2,1-6H3,(H-,64,66,68,69)/p+1/b22-19-,29-27-,32-31-,36-34-,54-51-. The van der Waals surface area contributed by atoms with E-state index in [1.165, 1.54) is 148 Å². The molecule has 0 aromatic carbocycles. The van der Waals surface area contributed by atoms with Crippen LogP contribution in [0.15, 0.2) is 60.8 Å². The lowest BCUT2D eigenvalue weighted by Crippen LogP contribution is -2.47. The van der Waals surface area contributed by atoms with E-state index in [9.17, 15) is 19.0 Å². The molecule has 10 heteroatoms. The summed E-state index contributed by atoms with van der Waals surface area (Å²) in [5, 5.41) is 3.05. The van der Waals surface area contributed by atoms with Gasteiger partial charge in [-0.25, -0.2) is 4.57 Å². The van der Waals surface area contributed by atoms with Crippen molar-refractivity contribution in [1.82, 2.24) is 5.32 Å². The Morgan fingerprint density at radius 1 is 0.479 bits per heavy atom. The third kappa shape index (κ3) is 54.3. The van der Waals surface area contributed by atoms with Crippen LogP contribution >= 0.6 is 7.82 Å². The van der Waals surface area contributed by atoms with Gasteiger partial charge in [0.1, 0.15) is 19.3 Å². The summed E-state index contributed by atoms with van der Waals surface area (Å²) < 4.78 is 30.6. The monoisotopic (exact) mass is 1050 g/mol. The molecule has 0 rings (SSSR count). The van der Waals surface area contributed by atoms with Crippen LogP contribution < -0.4 is 5.32 Å². The van der Waals surface area contributed by atoms with Crippen LogP contribution in [0.25, 0.3) is 0 Å². The number of unbranched alkanes of at least 4 members (excludes halogenated alkanes) is 31. The third-order valence-electron chi connectivity index (χ3n) is 13.5. The molecule has 9 nitrogen and oxygen atoms in total. The highest BCUT2D eigenvalue weighted by atomic mass is 31.2. The summed E-state index contributed by atoms with van der Waals surface area (Å²) in [7, 11) is 1.48. The number of ether oxygens (including phenoxy) is 1. The lowest BCUT2D eigenvalue weighted by atomic mass is 10.0. The van der Waals surface area contributed by atoms with Crippen molar-refractivity contribution >= 4 is 19.7 Å². The number of phosphoric acid groups is 1. The Balaban J connectivity index is 5.26. The smallest absolute Gasteiger partial charge is 0.456 e.